The molecule has 0 unspecified atom stereocenters. The van der Waals surface area contributed by atoms with Gasteiger partial charge in [-0.3, -0.25) is 0 Å². The first kappa shape index (κ1) is 12.5. The molecule has 0 bridgehead atoms. The third-order valence-electron chi connectivity index (χ3n) is 1.46. The minimum Gasteiger partial charge on any atom is -0.369 e. The molecule has 0 rings (SSSR count). The first-order chi connectivity index (χ1) is 6.13. The highest BCUT2D eigenvalue weighted by atomic mass is 16.5. The van der Waals surface area contributed by atoms with Crippen molar-refractivity contribution >= 4 is 0 Å². The van der Waals surface area contributed by atoms with Gasteiger partial charge in [0.25, 0.3) is 0 Å². The van der Waals surface area contributed by atoms with Crippen molar-refractivity contribution in [2.24, 2.45) is 5.92 Å². The van der Waals surface area contributed by atoms with Crippen molar-refractivity contribution in [2.75, 3.05) is 33.9 Å². The minimum absolute atomic E-state index is 0.449. The Hall–Kier alpha value is -0.520. The predicted molar refractivity (Wildman–Crippen MR) is 56.6 cm³/mol. The topological polar surface area (TPSA) is 12.5 Å². The number of nitrogens with zero attached hydrogens (tertiary/aromatic N) is 1. The predicted octanol–water partition coefficient (Wildman–Crippen LogP) is 1.61. The average Bonchev–Trinajstić information content (AvgIpc) is 2.01. The summed E-state index contributed by atoms with van der Waals surface area (Å²) in [6, 6.07) is 0. The van der Waals surface area contributed by atoms with Crippen LogP contribution < -0.4 is 0 Å². The average molecular weight is 183 g/mol. The minimum atomic E-state index is 0.449. The fraction of sp³-hybridized carbons (Fsp3) is 0.818. The molecule has 0 aliphatic heterocycles. The number of rotatable bonds is 5. The highest BCUT2D eigenvalue weighted by Gasteiger charge is 1.89. The van der Waals surface area contributed by atoms with Crippen LogP contribution >= 0.6 is 0 Å². The van der Waals surface area contributed by atoms with Crippen LogP contribution in [0.4, 0.5) is 0 Å². The van der Waals surface area contributed by atoms with Crippen molar-refractivity contribution in [2.45, 2.75) is 20.3 Å². The molecule has 0 aromatic heterocycles. The maximum atomic E-state index is 5.33. The van der Waals surface area contributed by atoms with E-state index in [1.54, 1.807) is 0 Å². The highest BCUT2D eigenvalue weighted by molar-refractivity contribution is 5.01. The fourth-order valence-electron chi connectivity index (χ4n) is 0.852. The second-order valence-electron chi connectivity index (χ2n) is 3.69. The van der Waals surface area contributed by atoms with Crippen molar-refractivity contribution < 1.29 is 4.74 Å². The van der Waals surface area contributed by atoms with E-state index in [2.05, 4.69) is 44.7 Å². The Labute approximate surface area is 82.3 Å². The van der Waals surface area contributed by atoms with Crippen LogP contribution in [0, 0.1) is 17.8 Å². The monoisotopic (exact) mass is 183 g/mol. The molecule has 2 heteroatoms. The molecule has 13 heavy (non-hydrogen) atoms. The number of hydrogen-bond acceptors (Lipinski definition) is 2. The van der Waals surface area contributed by atoms with Gasteiger partial charge in [-0.15, -0.1) is 0 Å². The molecular formula is C11H21NO. The Morgan fingerprint density at radius 3 is 2.54 bits per heavy atom. The van der Waals surface area contributed by atoms with E-state index < -0.39 is 0 Å². The molecule has 0 spiro atoms. The van der Waals surface area contributed by atoms with Crippen LogP contribution in [0.15, 0.2) is 0 Å². The lowest BCUT2D eigenvalue weighted by Gasteiger charge is -2.07. The maximum absolute atomic E-state index is 5.33. The molecule has 0 radical (unpaired) electrons. The molecule has 0 heterocycles. The Morgan fingerprint density at radius 2 is 2.00 bits per heavy atom. The molecule has 0 atom stereocenters. The zero-order valence-corrected chi connectivity index (χ0v) is 9.26. The highest BCUT2D eigenvalue weighted by Crippen LogP contribution is 1.87. The Bertz CT molecular complexity index is 165. The van der Waals surface area contributed by atoms with Crippen LogP contribution in [0.25, 0.3) is 0 Å². The van der Waals surface area contributed by atoms with E-state index in [-0.39, 0.29) is 0 Å². The van der Waals surface area contributed by atoms with Crippen LogP contribution in [0.5, 0.6) is 0 Å². The lowest BCUT2D eigenvalue weighted by Crippen LogP contribution is -2.14. The van der Waals surface area contributed by atoms with Gasteiger partial charge < -0.3 is 9.64 Å². The van der Waals surface area contributed by atoms with E-state index in [0.29, 0.717) is 12.5 Å². The molecule has 2 nitrogen and oxygen atoms in total. The summed E-state index contributed by atoms with van der Waals surface area (Å²) >= 11 is 0. The zero-order chi connectivity index (χ0) is 10.1. The third kappa shape index (κ3) is 11.5. The summed E-state index contributed by atoms with van der Waals surface area (Å²) in [5.41, 5.74) is 0. The Morgan fingerprint density at radius 1 is 1.31 bits per heavy atom. The number of hydrogen-bond donors (Lipinski definition) is 0. The second kappa shape index (κ2) is 8.10. The molecule has 0 fully saturated rings. The van der Waals surface area contributed by atoms with Gasteiger partial charge in [-0.2, -0.15) is 0 Å². The van der Waals surface area contributed by atoms with E-state index in [9.17, 15) is 0 Å². The molecule has 0 amide bonds. The second-order valence-corrected chi connectivity index (χ2v) is 3.69. The summed E-state index contributed by atoms with van der Waals surface area (Å²) in [6.45, 7) is 6.63. The third-order valence-corrected chi connectivity index (χ3v) is 1.46. The molecule has 0 aromatic rings. The maximum Gasteiger partial charge on any atom is 0.107 e. The van der Waals surface area contributed by atoms with E-state index >= 15 is 0 Å². The smallest absolute Gasteiger partial charge is 0.107 e. The first-order valence-electron chi connectivity index (χ1n) is 4.83. The Balaban J connectivity index is 3.14. The van der Waals surface area contributed by atoms with Gasteiger partial charge in [0.2, 0.25) is 0 Å². The fourth-order valence-corrected chi connectivity index (χ4v) is 0.852. The van der Waals surface area contributed by atoms with Gasteiger partial charge in [-0.05, 0) is 27.1 Å². The summed E-state index contributed by atoms with van der Waals surface area (Å²) < 4.78 is 5.33. The van der Waals surface area contributed by atoms with Crippen molar-refractivity contribution in [1.29, 1.82) is 0 Å². The van der Waals surface area contributed by atoms with Crippen molar-refractivity contribution in [3.8, 4) is 11.8 Å². The molecule has 76 valence electrons. The Kier molecular flexibility index (Phi) is 7.77. The standard InChI is InChI=1S/C11H21NO/c1-11(2)7-5-9-13-10-6-8-12(3)4/h11H,6,8-10H2,1-4H3. The lowest BCUT2D eigenvalue weighted by atomic mass is 10.2. The van der Waals surface area contributed by atoms with Gasteiger partial charge in [0.15, 0.2) is 0 Å². The normalized spacial score (nSPS) is 10.3. The molecule has 0 aliphatic rings. The van der Waals surface area contributed by atoms with Gasteiger partial charge in [-0.25, -0.2) is 0 Å². The van der Waals surface area contributed by atoms with E-state index in [4.69, 9.17) is 4.74 Å². The molecule has 0 aromatic carbocycles. The SMILES string of the molecule is CC(C)C#CCOCCCN(C)C. The molecule has 0 saturated heterocycles. The van der Waals surface area contributed by atoms with E-state index in [1.165, 1.54) is 0 Å². The summed E-state index contributed by atoms with van der Waals surface area (Å²) in [4.78, 5) is 2.16. The summed E-state index contributed by atoms with van der Waals surface area (Å²) in [7, 11) is 4.14. The lowest BCUT2D eigenvalue weighted by molar-refractivity contribution is 0.156. The van der Waals surface area contributed by atoms with Crippen molar-refractivity contribution in [1.82, 2.24) is 4.90 Å². The first-order valence-corrected chi connectivity index (χ1v) is 4.83. The van der Waals surface area contributed by atoms with Crippen LogP contribution in [-0.2, 0) is 4.74 Å². The van der Waals surface area contributed by atoms with E-state index in [1.807, 2.05) is 0 Å². The van der Waals surface area contributed by atoms with Crippen LogP contribution in [0.1, 0.15) is 20.3 Å². The quantitative estimate of drug-likeness (QED) is 0.474. The van der Waals surface area contributed by atoms with Gasteiger partial charge >= 0.3 is 0 Å². The summed E-state index contributed by atoms with van der Waals surface area (Å²) in [5.74, 6) is 6.50. The number of ether oxygens (including phenoxy) is 1. The summed E-state index contributed by atoms with van der Waals surface area (Å²) in [5, 5.41) is 0. The van der Waals surface area contributed by atoms with Crippen LogP contribution in [-0.4, -0.2) is 38.8 Å². The van der Waals surface area contributed by atoms with Gasteiger partial charge in [0, 0.05) is 12.5 Å². The van der Waals surface area contributed by atoms with Crippen molar-refractivity contribution in [3.05, 3.63) is 0 Å². The van der Waals surface area contributed by atoms with Crippen LogP contribution in [0.2, 0.25) is 0 Å². The molecule has 0 saturated carbocycles. The summed E-state index contributed by atoms with van der Waals surface area (Å²) in [6.07, 6.45) is 1.08. The van der Waals surface area contributed by atoms with E-state index in [0.717, 1.165) is 19.6 Å². The molecular weight excluding hydrogens is 162 g/mol. The molecule has 0 aliphatic carbocycles. The zero-order valence-electron chi connectivity index (χ0n) is 9.26. The van der Waals surface area contributed by atoms with Gasteiger partial charge in [0.05, 0.1) is 0 Å². The van der Waals surface area contributed by atoms with Gasteiger partial charge in [-0.1, -0.05) is 25.7 Å². The van der Waals surface area contributed by atoms with Crippen molar-refractivity contribution in [3.63, 3.8) is 0 Å². The van der Waals surface area contributed by atoms with Crippen LogP contribution in [0.3, 0.4) is 0 Å². The van der Waals surface area contributed by atoms with Gasteiger partial charge in [0.1, 0.15) is 6.61 Å². The molecule has 0 N–H and O–H groups in total. The largest absolute Gasteiger partial charge is 0.369 e.